The fraction of sp³-hybridized carbons (Fsp3) is 0.667. The van der Waals surface area contributed by atoms with E-state index >= 15 is 0 Å². The van der Waals surface area contributed by atoms with Crippen LogP contribution >= 0.6 is 0 Å². The molecule has 0 radical (unpaired) electrons. The van der Waals surface area contributed by atoms with E-state index in [2.05, 4.69) is 9.71 Å². The minimum atomic E-state index is -1.23. The number of methoxy groups -OCH3 is 1. The Kier molecular flexibility index (Phi) is 5.11. The number of nitrogens with zero attached hydrogens (tertiary/aromatic N) is 2. The Bertz CT molecular complexity index is 684. The molecule has 1 fully saturated rings. The van der Waals surface area contributed by atoms with Crippen LogP contribution in [0.2, 0.25) is 0 Å². The molecule has 3 rings (SSSR count). The molecule has 0 saturated carbocycles. The lowest BCUT2D eigenvalue weighted by Gasteiger charge is -2.43. The van der Waals surface area contributed by atoms with Crippen molar-refractivity contribution in [1.29, 1.82) is 0 Å². The molecule has 0 aromatic carbocycles. The van der Waals surface area contributed by atoms with Crippen LogP contribution in [0.4, 0.5) is 4.79 Å². The number of amides is 1. The molecule has 1 saturated heterocycles. The van der Waals surface area contributed by atoms with Gasteiger partial charge in [-0.15, -0.1) is 4.72 Å². The van der Waals surface area contributed by atoms with E-state index in [0.717, 1.165) is 30.4 Å². The standard InChI is InChI=1S/C18H27N3O4S/c1-17(2,3)26(24)20-15-13-11-19-14(25-4)9-12(13)10-18(15)5-7-21(8-6-18)16(22)23/h9,11,15,20H,5-8,10H2,1-4H3,(H,22,23)/t15-,26-/m1/s1. The molecule has 2 heterocycles. The number of likely N-dealkylation sites (tertiary alicyclic amines) is 1. The number of hydrogen-bond acceptors (Lipinski definition) is 5. The molecule has 1 spiro atoms. The van der Waals surface area contributed by atoms with Crippen LogP contribution in [0, 0.1) is 5.41 Å². The Labute approximate surface area is 157 Å². The van der Waals surface area contributed by atoms with Crippen molar-refractivity contribution >= 4 is 17.5 Å². The van der Waals surface area contributed by atoms with Gasteiger partial charge in [-0.25, -0.2) is 9.78 Å². The van der Waals surface area contributed by atoms with E-state index < -0.39 is 17.5 Å². The van der Waals surface area contributed by atoms with E-state index in [9.17, 15) is 14.5 Å². The summed E-state index contributed by atoms with van der Waals surface area (Å²) in [5.74, 6) is 0.569. The lowest BCUT2D eigenvalue weighted by molar-refractivity contribution is 0.0764. The molecule has 1 aromatic rings. The van der Waals surface area contributed by atoms with Gasteiger partial charge < -0.3 is 19.3 Å². The Morgan fingerprint density at radius 1 is 1.46 bits per heavy atom. The smallest absolute Gasteiger partial charge is 0.407 e. The molecule has 1 aromatic heterocycles. The maximum atomic E-state index is 12.8. The van der Waals surface area contributed by atoms with Gasteiger partial charge in [0, 0.05) is 42.1 Å². The highest BCUT2D eigenvalue weighted by atomic mass is 32.2. The molecule has 0 unspecified atom stereocenters. The van der Waals surface area contributed by atoms with E-state index in [4.69, 9.17) is 4.74 Å². The quantitative estimate of drug-likeness (QED) is 0.781. The zero-order valence-electron chi connectivity index (χ0n) is 15.7. The summed E-state index contributed by atoms with van der Waals surface area (Å²) >= 11 is -1.23. The van der Waals surface area contributed by atoms with Crippen LogP contribution in [0.1, 0.15) is 50.8 Å². The van der Waals surface area contributed by atoms with E-state index in [-0.39, 0.29) is 16.2 Å². The Balaban J connectivity index is 1.91. The summed E-state index contributed by atoms with van der Waals surface area (Å²) in [6, 6.07) is 1.84. The zero-order valence-corrected chi connectivity index (χ0v) is 16.6. The number of hydrogen-bond donors (Lipinski definition) is 2. The molecular formula is C18H27N3O4S. The summed E-state index contributed by atoms with van der Waals surface area (Å²) in [6.45, 7) is 6.82. The minimum Gasteiger partial charge on any atom is -0.598 e. The van der Waals surface area contributed by atoms with Gasteiger partial charge in [-0.3, -0.25) is 0 Å². The molecule has 144 valence electrons. The van der Waals surface area contributed by atoms with Crippen LogP contribution in [0.3, 0.4) is 0 Å². The number of carbonyl (C=O) groups is 1. The van der Waals surface area contributed by atoms with Crippen molar-refractivity contribution in [2.24, 2.45) is 5.41 Å². The lowest BCUT2D eigenvalue weighted by Crippen LogP contribution is -2.50. The molecule has 2 atom stereocenters. The number of carboxylic acid groups (broad SMARTS) is 1. The minimum absolute atomic E-state index is 0.105. The highest BCUT2D eigenvalue weighted by Gasteiger charge is 2.51. The van der Waals surface area contributed by atoms with Gasteiger partial charge in [-0.2, -0.15) is 0 Å². The Morgan fingerprint density at radius 2 is 2.12 bits per heavy atom. The zero-order chi connectivity index (χ0) is 19.1. The number of aromatic nitrogens is 1. The average Bonchev–Trinajstić information content (AvgIpc) is 2.86. The van der Waals surface area contributed by atoms with Crippen molar-refractivity contribution in [1.82, 2.24) is 14.6 Å². The Morgan fingerprint density at radius 3 is 2.65 bits per heavy atom. The van der Waals surface area contributed by atoms with Crippen molar-refractivity contribution in [3.63, 3.8) is 0 Å². The van der Waals surface area contributed by atoms with Crippen LogP contribution in [0.15, 0.2) is 12.3 Å². The van der Waals surface area contributed by atoms with Crippen molar-refractivity contribution in [3.8, 4) is 5.88 Å². The monoisotopic (exact) mass is 381 g/mol. The summed E-state index contributed by atoms with van der Waals surface area (Å²) in [7, 11) is 1.59. The van der Waals surface area contributed by atoms with E-state index in [0.29, 0.717) is 19.0 Å². The van der Waals surface area contributed by atoms with Gasteiger partial charge in [0.2, 0.25) is 5.88 Å². The second-order valence-corrected chi connectivity index (χ2v) is 10.2. The van der Waals surface area contributed by atoms with Crippen LogP contribution in [0.25, 0.3) is 0 Å². The third-order valence-corrected chi connectivity index (χ3v) is 7.05. The predicted molar refractivity (Wildman–Crippen MR) is 99.5 cm³/mol. The largest absolute Gasteiger partial charge is 0.598 e. The maximum absolute atomic E-state index is 12.8. The third kappa shape index (κ3) is 3.50. The second-order valence-electron chi connectivity index (χ2n) is 8.17. The van der Waals surface area contributed by atoms with Crippen LogP contribution < -0.4 is 9.46 Å². The molecule has 7 nitrogen and oxygen atoms in total. The number of pyridine rings is 1. The molecule has 2 aliphatic rings. The number of ether oxygens (including phenoxy) is 1. The van der Waals surface area contributed by atoms with Gasteiger partial charge >= 0.3 is 6.09 Å². The summed E-state index contributed by atoms with van der Waals surface area (Å²) in [4.78, 5) is 17.1. The van der Waals surface area contributed by atoms with E-state index in [1.807, 2.05) is 33.0 Å². The topological polar surface area (TPSA) is 97.8 Å². The van der Waals surface area contributed by atoms with E-state index in [1.54, 1.807) is 7.11 Å². The second kappa shape index (κ2) is 6.90. The maximum Gasteiger partial charge on any atom is 0.407 e. The van der Waals surface area contributed by atoms with Gasteiger partial charge in [0.05, 0.1) is 13.2 Å². The van der Waals surface area contributed by atoms with Gasteiger partial charge in [0.1, 0.15) is 4.75 Å². The van der Waals surface area contributed by atoms with Gasteiger partial charge in [0.25, 0.3) is 0 Å². The average molecular weight is 381 g/mol. The summed E-state index contributed by atoms with van der Waals surface area (Å²) < 4.78 is 21.0. The normalized spacial score (nSPS) is 23.0. The molecule has 1 aliphatic heterocycles. The van der Waals surface area contributed by atoms with Crippen LogP contribution in [-0.4, -0.2) is 50.6 Å². The lowest BCUT2D eigenvalue weighted by atomic mass is 9.73. The van der Waals surface area contributed by atoms with Crippen LogP contribution in [-0.2, 0) is 17.8 Å². The summed E-state index contributed by atoms with van der Waals surface area (Å²) in [6.07, 6.45) is 3.21. The van der Waals surface area contributed by atoms with Crippen molar-refractivity contribution < 1.29 is 19.2 Å². The van der Waals surface area contributed by atoms with E-state index in [1.165, 1.54) is 4.90 Å². The number of nitrogens with one attached hydrogen (secondary N) is 1. The van der Waals surface area contributed by atoms with Crippen molar-refractivity contribution in [2.75, 3.05) is 20.2 Å². The SMILES string of the molecule is COc1cc2c(cn1)[C@@H](N[S@+]([O-])C(C)(C)C)C1(CCN(C(=O)O)CC1)C2. The fourth-order valence-electron chi connectivity index (χ4n) is 3.90. The Hall–Kier alpha value is -1.51. The van der Waals surface area contributed by atoms with Crippen LogP contribution in [0.5, 0.6) is 5.88 Å². The molecule has 1 amide bonds. The van der Waals surface area contributed by atoms with Gasteiger partial charge in [-0.05, 0) is 51.2 Å². The molecule has 1 aliphatic carbocycles. The number of rotatable bonds is 3. The predicted octanol–water partition coefficient (Wildman–Crippen LogP) is 2.50. The van der Waals surface area contributed by atoms with Crippen molar-refractivity contribution in [2.45, 2.75) is 50.8 Å². The number of piperidine rings is 1. The first kappa shape index (κ1) is 19.3. The van der Waals surface area contributed by atoms with Gasteiger partial charge in [0.15, 0.2) is 0 Å². The highest BCUT2D eigenvalue weighted by molar-refractivity contribution is 7.90. The molecule has 8 heteroatoms. The first-order valence-electron chi connectivity index (χ1n) is 8.85. The molecule has 0 bridgehead atoms. The molecule has 26 heavy (non-hydrogen) atoms. The first-order valence-corrected chi connectivity index (χ1v) is 10.00. The first-order chi connectivity index (χ1) is 12.2. The number of fused-ring (bicyclic) bond motifs is 1. The summed E-state index contributed by atoms with van der Waals surface area (Å²) in [5, 5.41) is 9.26. The summed E-state index contributed by atoms with van der Waals surface area (Å²) in [5.41, 5.74) is 2.04. The molecule has 2 N–H and O–H groups in total. The third-order valence-electron chi connectivity index (χ3n) is 5.49. The fourth-order valence-corrected chi connectivity index (χ4v) is 4.85. The molecular weight excluding hydrogens is 354 g/mol. The van der Waals surface area contributed by atoms with Gasteiger partial charge in [-0.1, -0.05) is 0 Å². The van der Waals surface area contributed by atoms with Crippen molar-refractivity contribution in [3.05, 3.63) is 23.4 Å². The highest BCUT2D eigenvalue weighted by Crippen LogP contribution is 2.52.